The summed E-state index contributed by atoms with van der Waals surface area (Å²) < 4.78 is 5.68. The van der Waals surface area contributed by atoms with Gasteiger partial charge in [0, 0.05) is 37.4 Å². The van der Waals surface area contributed by atoms with Crippen molar-refractivity contribution < 1.29 is 9.53 Å². The molecule has 1 aromatic carbocycles. The van der Waals surface area contributed by atoms with Crippen molar-refractivity contribution >= 4 is 11.5 Å². The molecule has 3 nitrogen and oxygen atoms in total. The Morgan fingerprint density at radius 1 is 1.25 bits per heavy atom. The van der Waals surface area contributed by atoms with Crippen LogP contribution in [0.5, 0.6) is 0 Å². The fourth-order valence-electron chi connectivity index (χ4n) is 3.28. The van der Waals surface area contributed by atoms with Gasteiger partial charge in [0.1, 0.15) is 0 Å². The second-order valence-corrected chi connectivity index (χ2v) is 5.81. The number of carbonyl (C=O) groups excluding carboxylic acids is 1. The van der Waals surface area contributed by atoms with E-state index in [0.717, 1.165) is 50.2 Å². The minimum absolute atomic E-state index is 0.294. The molecule has 1 unspecified atom stereocenters. The lowest BCUT2D eigenvalue weighted by Crippen LogP contribution is -2.26. The predicted octanol–water partition coefficient (Wildman–Crippen LogP) is 3.43. The zero-order chi connectivity index (χ0) is 13.8. The van der Waals surface area contributed by atoms with Crippen molar-refractivity contribution in [2.24, 2.45) is 0 Å². The zero-order valence-corrected chi connectivity index (χ0v) is 12.0. The Morgan fingerprint density at radius 3 is 3.00 bits per heavy atom. The number of ether oxygens (including phenoxy) is 1. The van der Waals surface area contributed by atoms with Gasteiger partial charge in [-0.1, -0.05) is 12.1 Å². The van der Waals surface area contributed by atoms with E-state index in [1.165, 1.54) is 12.8 Å². The Bertz CT molecular complexity index is 466. The van der Waals surface area contributed by atoms with E-state index in [2.05, 4.69) is 11.0 Å². The van der Waals surface area contributed by atoms with Gasteiger partial charge in [0.2, 0.25) is 0 Å². The normalized spacial score (nSPS) is 22.7. The van der Waals surface area contributed by atoms with Gasteiger partial charge < -0.3 is 9.64 Å². The number of fused-ring (bicyclic) bond motifs is 1. The Balaban J connectivity index is 1.63. The van der Waals surface area contributed by atoms with Gasteiger partial charge in [-0.15, -0.1) is 0 Å². The van der Waals surface area contributed by atoms with E-state index in [4.69, 9.17) is 4.74 Å². The van der Waals surface area contributed by atoms with Crippen LogP contribution in [0.3, 0.4) is 0 Å². The van der Waals surface area contributed by atoms with Crippen molar-refractivity contribution in [2.45, 2.75) is 44.6 Å². The summed E-state index contributed by atoms with van der Waals surface area (Å²) in [4.78, 5) is 14.5. The highest BCUT2D eigenvalue weighted by Gasteiger charge is 2.21. The summed E-state index contributed by atoms with van der Waals surface area (Å²) in [5, 5.41) is 0. The second-order valence-electron chi connectivity index (χ2n) is 5.81. The number of para-hydroxylation sites is 1. The Morgan fingerprint density at radius 2 is 2.15 bits per heavy atom. The molecule has 20 heavy (non-hydrogen) atoms. The van der Waals surface area contributed by atoms with Gasteiger partial charge in [-0.05, 0) is 44.2 Å². The van der Waals surface area contributed by atoms with Gasteiger partial charge in [0.05, 0.1) is 6.10 Å². The third-order valence-corrected chi connectivity index (χ3v) is 4.36. The molecule has 1 saturated heterocycles. The molecule has 0 saturated carbocycles. The molecule has 2 aliphatic heterocycles. The summed E-state index contributed by atoms with van der Waals surface area (Å²) in [6, 6.07) is 8.05. The molecule has 108 valence electrons. The number of Topliss-reactive ketones (excluding diaryl/α,β-unsaturated/α-hetero) is 1. The van der Waals surface area contributed by atoms with Crippen LogP contribution in [0.25, 0.3) is 0 Å². The fourth-order valence-corrected chi connectivity index (χ4v) is 3.28. The molecule has 0 aromatic heterocycles. The van der Waals surface area contributed by atoms with E-state index >= 15 is 0 Å². The number of ketones is 1. The number of carbonyl (C=O) groups is 1. The highest BCUT2D eigenvalue weighted by Crippen LogP contribution is 2.27. The predicted molar refractivity (Wildman–Crippen MR) is 80.4 cm³/mol. The van der Waals surface area contributed by atoms with Crippen molar-refractivity contribution in [3.05, 3.63) is 29.8 Å². The van der Waals surface area contributed by atoms with E-state index in [9.17, 15) is 4.79 Å². The van der Waals surface area contributed by atoms with Gasteiger partial charge >= 0.3 is 0 Å². The SMILES string of the molecule is O=C1CCCN(CCCC2CCCO2)c2ccccc21. The second kappa shape index (κ2) is 6.40. The highest BCUT2D eigenvalue weighted by atomic mass is 16.5. The van der Waals surface area contributed by atoms with Gasteiger partial charge in [0.25, 0.3) is 0 Å². The van der Waals surface area contributed by atoms with Crippen LogP contribution in [0.15, 0.2) is 24.3 Å². The summed E-state index contributed by atoms with van der Waals surface area (Å²) in [5.74, 6) is 0.294. The molecule has 2 heterocycles. The summed E-state index contributed by atoms with van der Waals surface area (Å²) >= 11 is 0. The van der Waals surface area contributed by atoms with Gasteiger partial charge in [-0.3, -0.25) is 4.79 Å². The van der Waals surface area contributed by atoms with Crippen molar-refractivity contribution in [1.29, 1.82) is 0 Å². The lowest BCUT2D eigenvalue weighted by atomic mass is 10.1. The standard InChI is InChI=1S/C17H23NO2/c19-17-10-4-12-18(16-9-2-1-8-15(16)17)11-3-6-14-7-5-13-20-14/h1-2,8-9,14H,3-7,10-13H2. The Labute approximate surface area is 120 Å². The molecule has 1 fully saturated rings. The van der Waals surface area contributed by atoms with Gasteiger partial charge in [-0.25, -0.2) is 0 Å². The van der Waals surface area contributed by atoms with Crippen LogP contribution >= 0.6 is 0 Å². The van der Waals surface area contributed by atoms with Gasteiger partial charge in [0.15, 0.2) is 5.78 Å². The van der Waals surface area contributed by atoms with E-state index in [1.54, 1.807) is 0 Å². The maximum atomic E-state index is 12.1. The molecule has 0 aliphatic carbocycles. The smallest absolute Gasteiger partial charge is 0.165 e. The minimum atomic E-state index is 0.294. The van der Waals surface area contributed by atoms with Crippen LogP contribution in [0.4, 0.5) is 5.69 Å². The van der Waals surface area contributed by atoms with Crippen molar-refractivity contribution in [2.75, 3.05) is 24.6 Å². The average Bonchev–Trinajstić information content (AvgIpc) is 2.93. The fraction of sp³-hybridized carbons (Fsp3) is 0.588. The van der Waals surface area contributed by atoms with E-state index < -0.39 is 0 Å². The van der Waals surface area contributed by atoms with Crippen LogP contribution in [-0.2, 0) is 4.74 Å². The van der Waals surface area contributed by atoms with E-state index in [0.29, 0.717) is 18.3 Å². The Kier molecular flexibility index (Phi) is 4.36. The number of hydrogen-bond donors (Lipinski definition) is 0. The number of nitrogens with zero attached hydrogens (tertiary/aromatic N) is 1. The summed E-state index contributed by atoms with van der Waals surface area (Å²) in [6.07, 6.45) is 6.84. The molecule has 3 rings (SSSR count). The maximum absolute atomic E-state index is 12.1. The number of anilines is 1. The highest BCUT2D eigenvalue weighted by molar-refractivity contribution is 6.01. The van der Waals surface area contributed by atoms with Crippen LogP contribution in [0.1, 0.15) is 48.9 Å². The maximum Gasteiger partial charge on any atom is 0.165 e. The quantitative estimate of drug-likeness (QED) is 0.841. The molecule has 0 bridgehead atoms. The third-order valence-electron chi connectivity index (χ3n) is 4.36. The monoisotopic (exact) mass is 273 g/mol. The van der Waals surface area contributed by atoms with E-state index in [-0.39, 0.29) is 0 Å². The first-order valence-electron chi connectivity index (χ1n) is 7.83. The lowest BCUT2D eigenvalue weighted by Gasteiger charge is -2.25. The van der Waals surface area contributed by atoms with E-state index in [1.807, 2.05) is 18.2 Å². The summed E-state index contributed by atoms with van der Waals surface area (Å²) in [5.41, 5.74) is 2.03. The molecular formula is C17H23NO2. The molecule has 0 amide bonds. The minimum Gasteiger partial charge on any atom is -0.378 e. The number of hydrogen-bond acceptors (Lipinski definition) is 3. The number of benzene rings is 1. The van der Waals surface area contributed by atoms with Crippen molar-refractivity contribution in [1.82, 2.24) is 0 Å². The van der Waals surface area contributed by atoms with Crippen LogP contribution in [0, 0.1) is 0 Å². The van der Waals surface area contributed by atoms with Crippen LogP contribution < -0.4 is 4.90 Å². The van der Waals surface area contributed by atoms with Crippen molar-refractivity contribution in [3.8, 4) is 0 Å². The molecule has 1 aromatic rings. The molecule has 0 N–H and O–H groups in total. The van der Waals surface area contributed by atoms with Crippen LogP contribution in [-0.4, -0.2) is 31.6 Å². The average molecular weight is 273 g/mol. The van der Waals surface area contributed by atoms with Crippen LogP contribution in [0.2, 0.25) is 0 Å². The molecule has 1 atom stereocenters. The number of rotatable bonds is 4. The summed E-state index contributed by atoms with van der Waals surface area (Å²) in [6.45, 7) is 2.96. The molecule has 2 aliphatic rings. The largest absolute Gasteiger partial charge is 0.378 e. The molecule has 0 radical (unpaired) electrons. The lowest BCUT2D eigenvalue weighted by molar-refractivity contribution is 0.0983. The summed E-state index contributed by atoms with van der Waals surface area (Å²) in [7, 11) is 0. The molecule has 3 heteroatoms. The first-order valence-corrected chi connectivity index (χ1v) is 7.83. The first-order chi connectivity index (χ1) is 9.84. The first kappa shape index (κ1) is 13.6. The van der Waals surface area contributed by atoms with Gasteiger partial charge in [-0.2, -0.15) is 0 Å². The molecule has 0 spiro atoms. The topological polar surface area (TPSA) is 29.5 Å². The molecular weight excluding hydrogens is 250 g/mol. The van der Waals surface area contributed by atoms with Crippen molar-refractivity contribution in [3.63, 3.8) is 0 Å². The third kappa shape index (κ3) is 3.04. The zero-order valence-electron chi connectivity index (χ0n) is 12.0. The Hall–Kier alpha value is -1.35.